The van der Waals surface area contributed by atoms with E-state index < -0.39 is 5.60 Å². The van der Waals surface area contributed by atoms with E-state index in [1.165, 1.54) is 0 Å². The molecule has 3 aromatic rings. The van der Waals surface area contributed by atoms with Gasteiger partial charge in [0, 0.05) is 31.7 Å². The van der Waals surface area contributed by atoms with Crippen LogP contribution in [0.15, 0.2) is 30.7 Å². The maximum atomic E-state index is 10.1. The molecule has 3 rings (SSSR count). The van der Waals surface area contributed by atoms with Gasteiger partial charge in [-0.2, -0.15) is 5.10 Å². The number of pyridine rings is 1. The van der Waals surface area contributed by atoms with Crippen LogP contribution in [0, 0.1) is 0 Å². The van der Waals surface area contributed by atoms with Gasteiger partial charge in [-0.05, 0) is 19.9 Å². The fraction of sp³-hybridized carbons (Fsp3) is 0.286. The maximum absolute atomic E-state index is 10.1. The van der Waals surface area contributed by atoms with E-state index in [2.05, 4.69) is 15.4 Å². The van der Waals surface area contributed by atoms with Crippen LogP contribution in [0.1, 0.15) is 19.5 Å². The first-order chi connectivity index (χ1) is 9.84. The van der Waals surface area contributed by atoms with Crippen LogP contribution in [-0.4, -0.2) is 24.3 Å². The summed E-state index contributed by atoms with van der Waals surface area (Å²) in [6.07, 6.45) is 5.32. The average Bonchev–Trinajstić information content (AvgIpc) is 2.94. The van der Waals surface area contributed by atoms with E-state index in [4.69, 9.17) is 11.6 Å². The molecule has 2 N–H and O–H groups in total. The third kappa shape index (κ3) is 2.59. The highest BCUT2D eigenvalue weighted by atomic mass is 35.5. The highest BCUT2D eigenvalue weighted by molar-refractivity contribution is 6.30. The summed E-state index contributed by atoms with van der Waals surface area (Å²) >= 11 is 6.10. The van der Waals surface area contributed by atoms with Gasteiger partial charge in [0.15, 0.2) is 11.5 Å². The number of fused-ring (bicyclic) bond motifs is 1. The molecule has 0 fully saturated rings. The third-order valence-corrected chi connectivity index (χ3v) is 3.43. The maximum Gasteiger partial charge on any atom is 0.160 e. The number of imidazole rings is 1. The number of rotatable bonds is 3. The number of aromatic nitrogens is 4. The van der Waals surface area contributed by atoms with Gasteiger partial charge in [-0.15, -0.1) is 0 Å². The van der Waals surface area contributed by atoms with E-state index in [-0.39, 0.29) is 0 Å². The number of aliphatic hydroxyl groups is 1. The number of anilines is 2. The lowest BCUT2D eigenvalue weighted by molar-refractivity contribution is 0.0696. The van der Waals surface area contributed by atoms with E-state index in [1.807, 2.05) is 10.6 Å². The van der Waals surface area contributed by atoms with Gasteiger partial charge >= 0.3 is 0 Å². The Balaban J connectivity index is 2.01. The van der Waals surface area contributed by atoms with E-state index in [0.29, 0.717) is 16.5 Å². The molecule has 0 unspecified atom stereocenters. The van der Waals surface area contributed by atoms with Gasteiger partial charge in [0.25, 0.3) is 0 Å². The molecule has 21 heavy (non-hydrogen) atoms. The van der Waals surface area contributed by atoms with Crippen LogP contribution in [0.2, 0.25) is 5.02 Å². The third-order valence-electron chi connectivity index (χ3n) is 3.22. The zero-order valence-corrected chi connectivity index (χ0v) is 12.8. The molecule has 110 valence electrons. The van der Waals surface area contributed by atoms with Gasteiger partial charge < -0.3 is 14.8 Å². The van der Waals surface area contributed by atoms with Crippen LogP contribution < -0.4 is 5.32 Å². The summed E-state index contributed by atoms with van der Waals surface area (Å²) in [4.78, 5) is 4.29. The fourth-order valence-electron chi connectivity index (χ4n) is 2.33. The molecule has 0 bridgehead atoms. The van der Waals surface area contributed by atoms with Crippen molar-refractivity contribution in [3.63, 3.8) is 0 Å². The summed E-state index contributed by atoms with van der Waals surface area (Å²) < 4.78 is 3.49. The summed E-state index contributed by atoms with van der Waals surface area (Å²) in [5.41, 5.74) is 1.27. The topological polar surface area (TPSA) is 67.4 Å². The Morgan fingerprint density at radius 3 is 2.76 bits per heavy atom. The van der Waals surface area contributed by atoms with Crippen LogP contribution in [0.5, 0.6) is 0 Å². The molecule has 0 aliphatic heterocycles. The Hall–Kier alpha value is -2.05. The molecule has 0 aliphatic carbocycles. The molecular weight excluding hydrogens is 290 g/mol. The standard InChI is InChI=1S/C14H16ClN5O/c1-14(2,21)11-7-12(18-19(11)3)17-10-6-9(15)8-20-5-4-16-13(10)20/h4-8,21H,1-3H3,(H,17,18). The van der Waals surface area contributed by atoms with Crippen molar-refractivity contribution in [2.45, 2.75) is 19.4 Å². The minimum Gasteiger partial charge on any atom is -0.384 e. The van der Waals surface area contributed by atoms with Gasteiger partial charge in [0.1, 0.15) is 5.60 Å². The zero-order valence-electron chi connectivity index (χ0n) is 12.0. The number of hydrogen-bond acceptors (Lipinski definition) is 4. The largest absolute Gasteiger partial charge is 0.384 e. The van der Waals surface area contributed by atoms with Gasteiger partial charge in [0.05, 0.1) is 16.4 Å². The first-order valence-corrected chi connectivity index (χ1v) is 6.88. The van der Waals surface area contributed by atoms with Crippen molar-refractivity contribution in [3.8, 4) is 0 Å². The normalized spacial score (nSPS) is 12.0. The second-order valence-electron chi connectivity index (χ2n) is 5.45. The van der Waals surface area contributed by atoms with Crippen molar-refractivity contribution < 1.29 is 5.11 Å². The molecule has 0 saturated heterocycles. The Bertz CT molecular complexity index is 799. The monoisotopic (exact) mass is 305 g/mol. The highest BCUT2D eigenvalue weighted by Gasteiger charge is 2.21. The predicted molar refractivity (Wildman–Crippen MR) is 81.9 cm³/mol. The van der Waals surface area contributed by atoms with E-state index in [0.717, 1.165) is 11.3 Å². The second kappa shape index (κ2) is 4.75. The molecule has 7 heteroatoms. The molecule has 0 amide bonds. The molecule has 0 atom stereocenters. The minimum absolute atomic E-state index is 0.599. The SMILES string of the molecule is Cn1nc(Nc2cc(Cl)cn3ccnc23)cc1C(C)(C)O. The van der Waals surface area contributed by atoms with Crippen LogP contribution in [0.3, 0.4) is 0 Å². The van der Waals surface area contributed by atoms with E-state index in [9.17, 15) is 5.11 Å². The molecule has 0 aromatic carbocycles. The second-order valence-corrected chi connectivity index (χ2v) is 5.89. The summed E-state index contributed by atoms with van der Waals surface area (Å²) in [6.45, 7) is 3.44. The Labute approximate surface area is 127 Å². The zero-order chi connectivity index (χ0) is 15.2. The molecule has 6 nitrogen and oxygen atoms in total. The molecule has 0 aliphatic rings. The number of nitrogens with zero attached hydrogens (tertiary/aromatic N) is 4. The molecule has 0 radical (unpaired) electrons. The number of hydrogen-bond donors (Lipinski definition) is 2. The smallest absolute Gasteiger partial charge is 0.160 e. The minimum atomic E-state index is -0.960. The van der Waals surface area contributed by atoms with Crippen molar-refractivity contribution in [2.75, 3.05) is 5.32 Å². The Morgan fingerprint density at radius 2 is 2.10 bits per heavy atom. The molecule has 0 saturated carbocycles. The van der Waals surface area contributed by atoms with Crippen molar-refractivity contribution in [3.05, 3.63) is 41.4 Å². The lowest BCUT2D eigenvalue weighted by Crippen LogP contribution is -2.19. The van der Waals surface area contributed by atoms with Crippen molar-refractivity contribution in [1.82, 2.24) is 19.2 Å². The quantitative estimate of drug-likeness (QED) is 0.781. The van der Waals surface area contributed by atoms with Gasteiger partial charge in [-0.25, -0.2) is 4.98 Å². The van der Waals surface area contributed by atoms with Crippen molar-refractivity contribution in [2.24, 2.45) is 7.05 Å². The summed E-state index contributed by atoms with van der Waals surface area (Å²) in [6, 6.07) is 3.60. The predicted octanol–water partition coefficient (Wildman–Crippen LogP) is 2.69. The van der Waals surface area contributed by atoms with Crippen molar-refractivity contribution in [1.29, 1.82) is 0 Å². The van der Waals surface area contributed by atoms with Crippen molar-refractivity contribution >= 4 is 28.8 Å². The van der Waals surface area contributed by atoms with Crippen LogP contribution >= 0.6 is 11.6 Å². The van der Waals surface area contributed by atoms with E-state index in [1.54, 1.807) is 50.1 Å². The van der Waals surface area contributed by atoms with Gasteiger partial charge in [-0.1, -0.05) is 11.6 Å². The van der Waals surface area contributed by atoms with Gasteiger partial charge in [0.2, 0.25) is 0 Å². The summed E-state index contributed by atoms with van der Waals surface area (Å²) in [7, 11) is 1.79. The average molecular weight is 306 g/mol. The Kier molecular flexibility index (Phi) is 3.15. The summed E-state index contributed by atoms with van der Waals surface area (Å²) in [5, 5.41) is 18.3. The van der Waals surface area contributed by atoms with Crippen LogP contribution in [0.4, 0.5) is 11.5 Å². The lowest BCUT2D eigenvalue weighted by Gasteiger charge is -2.16. The number of nitrogens with one attached hydrogen (secondary N) is 1. The number of aryl methyl sites for hydroxylation is 1. The number of halogens is 1. The lowest BCUT2D eigenvalue weighted by atomic mass is 10.1. The first kappa shape index (κ1) is 13.9. The summed E-state index contributed by atoms with van der Waals surface area (Å²) in [5.74, 6) is 0.627. The molecule has 3 heterocycles. The highest BCUT2D eigenvalue weighted by Crippen LogP contribution is 2.27. The molecule has 3 aromatic heterocycles. The van der Waals surface area contributed by atoms with Gasteiger partial charge in [-0.3, -0.25) is 4.68 Å². The van der Waals surface area contributed by atoms with Crippen LogP contribution in [-0.2, 0) is 12.6 Å². The molecule has 0 spiro atoms. The van der Waals surface area contributed by atoms with E-state index >= 15 is 0 Å². The molecular formula is C14H16ClN5O. The first-order valence-electron chi connectivity index (χ1n) is 6.51. The van der Waals surface area contributed by atoms with Crippen LogP contribution in [0.25, 0.3) is 5.65 Å². The Morgan fingerprint density at radius 1 is 1.33 bits per heavy atom. The fourth-order valence-corrected chi connectivity index (χ4v) is 2.54.